The van der Waals surface area contributed by atoms with Gasteiger partial charge in [0.05, 0.1) is 25.0 Å². The molecule has 162 valence electrons. The SMILES string of the molecule is CCOc1ccc(CC(=O)N2CCC(NS(=O)(=O)c3ccc(OC)cc3)CC2)cc1. The normalized spacial score (nSPS) is 15.1. The Hall–Kier alpha value is -2.58. The summed E-state index contributed by atoms with van der Waals surface area (Å²) in [7, 11) is -2.07. The van der Waals surface area contributed by atoms with E-state index >= 15 is 0 Å². The second-order valence-corrected chi connectivity index (χ2v) is 8.92. The minimum Gasteiger partial charge on any atom is -0.497 e. The van der Waals surface area contributed by atoms with Gasteiger partial charge in [-0.25, -0.2) is 13.1 Å². The van der Waals surface area contributed by atoms with Crippen molar-refractivity contribution in [1.82, 2.24) is 9.62 Å². The van der Waals surface area contributed by atoms with Gasteiger partial charge in [0, 0.05) is 19.1 Å². The van der Waals surface area contributed by atoms with Crippen molar-refractivity contribution in [3.63, 3.8) is 0 Å². The van der Waals surface area contributed by atoms with Crippen molar-refractivity contribution in [2.45, 2.75) is 37.1 Å². The van der Waals surface area contributed by atoms with Crippen LogP contribution in [0.15, 0.2) is 53.4 Å². The Morgan fingerprint density at radius 1 is 1.03 bits per heavy atom. The van der Waals surface area contributed by atoms with E-state index in [0.717, 1.165) is 11.3 Å². The molecule has 7 nitrogen and oxygen atoms in total. The summed E-state index contributed by atoms with van der Waals surface area (Å²) in [5.41, 5.74) is 0.936. The van der Waals surface area contributed by atoms with Crippen LogP contribution < -0.4 is 14.2 Å². The van der Waals surface area contributed by atoms with Crippen LogP contribution in [-0.4, -0.2) is 52.1 Å². The number of benzene rings is 2. The number of carbonyl (C=O) groups excluding carboxylic acids is 1. The number of sulfonamides is 1. The van der Waals surface area contributed by atoms with E-state index in [-0.39, 0.29) is 16.8 Å². The van der Waals surface area contributed by atoms with Crippen molar-refractivity contribution >= 4 is 15.9 Å². The second-order valence-electron chi connectivity index (χ2n) is 7.21. The third kappa shape index (κ3) is 5.73. The highest BCUT2D eigenvalue weighted by Crippen LogP contribution is 2.19. The van der Waals surface area contributed by atoms with Gasteiger partial charge >= 0.3 is 0 Å². The molecule has 1 aliphatic rings. The van der Waals surface area contributed by atoms with Crippen LogP contribution in [-0.2, 0) is 21.2 Å². The molecule has 2 aromatic rings. The Bertz CT molecular complexity index is 934. The third-order valence-corrected chi connectivity index (χ3v) is 6.67. The molecule has 0 aromatic heterocycles. The summed E-state index contributed by atoms with van der Waals surface area (Å²) < 4.78 is 38.4. The van der Waals surface area contributed by atoms with E-state index in [1.807, 2.05) is 31.2 Å². The molecule has 3 rings (SSSR count). The highest BCUT2D eigenvalue weighted by molar-refractivity contribution is 7.89. The van der Waals surface area contributed by atoms with Crippen molar-refractivity contribution < 1.29 is 22.7 Å². The molecule has 2 aromatic carbocycles. The predicted molar refractivity (Wildman–Crippen MR) is 114 cm³/mol. The Morgan fingerprint density at radius 3 is 2.20 bits per heavy atom. The first-order valence-corrected chi connectivity index (χ1v) is 11.6. The fourth-order valence-corrected chi connectivity index (χ4v) is 4.75. The van der Waals surface area contributed by atoms with E-state index in [1.165, 1.54) is 19.2 Å². The summed E-state index contributed by atoms with van der Waals surface area (Å²) in [5, 5.41) is 0. The number of hydrogen-bond donors (Lipinski definition) is 1. The van der Waals surface area contributed by atoms with Crippen LogP contribution in [0, 0.1) is 0 Å². The highest BCUT2D eigenvalue weighted by Gasteiger charge is 2.26. The number of hydrogen-bond acceptors (Lipinski definition) is 5. The summed E-state index contributed by atoms with van der Waals surface area (Å²) in [6.45, 7) is 3.60. The van der Waals surface area contributed by atoms with Gasteiger partial charge in [0.2, 0.25) is 15.9 Å². The summed E-state index contributed by atoms with van der Waals surface area (Å²) in [6, 6.07) is 13.6. The second kappa shape index (κ2) is 9.95. The van der Waals surface area contributed by atoms with Gasteiger partial charge < -0.3 is 14.4 Å². The molecule has 0 unspecified atom stereocenters. The van der Waals surface area contributed by atoms with Crippen molar-refractivity contribution in [1.29, 1.82) is 0 Å². The van der Waals surface area contributed by atoms with Gasteiger partial charge in [-0.1, -0.05) is 12.1 Å². The fraction of sp³-hybridized carbons (Fsp3) is 0.409. The molecule has 1 heterocycles. The van der Waals surface area contributed by atoms with E-state index in [0.29, 0.717) is 44.7 Å². The predicted octanol–water partition coefficient (Wildman–Crippen LogP) is 2.61. The van der Waals surface area contributed by atoms with E-state index in [1.54, 1.807) is 17.0 Å². The number of methoxy groups -OCH3 is 1. The van der Waals surface area contributed by atoms with E-state index in [4.69, 9.17) is 9.47 Å². The Kier molecular flexibility index (Phi) is 7.33. The molecular formula is C22H28N2O5S. The maximum absolute atomic E-state index is 12.6. The van der Waals surface area contributed by atoms with Crippen molar-refractivity contribution in [2.75, 3.05) is 26.8 Å². The monoisotopic (exact) mass is 432 g/mol. The van der Waals surface area contributed by atoms with Gasteiger partial charge in [0.15, 0.2) is 0 Å². The molecule has 0 spiro atoms. The lowest BCUT2D eigenvalue weighted by molar-refractivity contribution is -0.131. The van der Waals surface area contributed by atoms with Crippen molar-refractivity contribution in [3.8, 4) is 11.5 Å². The Morgan fingerprint density at radius 2 is 1.63 bits per heavy atom. The number of carbonyl (C=O) groups is 1. The van der Waals surface area contributed by atoms with Crippen LogP contribution in [0.5, 0.6) is 11.5 Å². The van der Waals surface area contributed by atoms with Crippen LogP contribution in [0.1, 0.15) is 25.3 Å². The summed E-state index contributed by atoms with van der Waals surface area (Å²) >= 11 is 0. The molecule has 1 amide bonds. The third-order valence-electron chi connectivity index (χ3n) is 5.13. The lowest BCUT2D eigenvalue weighted by Gasteiger charge is -2.32. The maximum Gasteiger partial charge on any atom is 0.240 e. The molecule has 0 radical (unpaired) electrons. The first-order chi connectivity index (χ1) is 14.4. The van der Waals surface area contributed by atoms with E-state index in [9.17, 15) is 13.2 Å². The minimum absolute atomic E-state index is 0.0515. The van der Waals surface area contributed by atoms with E-state index < -0.39 is 10.0 Å². The molecule has 0 atom stereocenters. The molecule has 0 aliphatic carbocycles. The summed E-state index contributed by atoms with van der Waals surface area (Å²) in [4.78, 5) is 14.6. The van der Waals surface area contributed by atoms with Gasteiger partial charge in [-0.3, -0.25) is 4.79 Å². The number of rotatable bonds is 8. The van der Waals surface area contributed by atoms with Gasteiger partial charge in [0.25, 0.3) is 0 Å². The Balaban J connectivity index is 1.50. The first-order valence-electron chi connectivity index (χ1n) is 10.1. The fourth-order valence-electron chi connectivity index (χ4n) is 3.45. The van der Waals surface area contributed by atoms with Crippen LogP contribution in [0.4, 0.5) is 0 Å². The van der Waals surface area contributed by atoms with Gasteiger partial charge in [-0.05, 0) is 61.7 Å². The number of nitrogens with zero attached hydrogens (tertiary/aromatic N) is 1. The van der Waals surface area contributed by atoms with Gasteiger partial charge in [-0.2, -0.15) is 0 Å². The average Bonchev–Trinajstić information content (AvgIpc) is 2.75. The molecule has 1 saturated heterocycles. The van der Waals surface area contributed by atoms with Crippen LogP contribution in [0.2, 0.25) is 0 Å². The first kappa shape index (κ1) is 22.1. The zero-order valence-electron chi connectivity index (χ0n) is 17.3. The number of amides is 1. The topological polar surface area (TPSA) is 84.9 Å². The standard InChI is InChI=1S/C22H28N2O5S/c1-3-29-20-6-4-17(5-7-20)16-22(25)24-14-12-18(13-15-24)23-30(26,27)21-10-8-19(28-2)9-11-21/h4-11,18,23H,3,12-16H2,1-2H3. The molecular weight excluding hydrogens is 404 g/mol. The molecule has 8 heteroatoms. The van der Waals surface area contributed by atoms with Crippen LogP contribution >= 0.6 is 0 Å². The quantitative estimate of drug-likeness (QED) is 0.693. The van der Waals surface area contributed by atoms with Gasteiger partial charge in [-0.15, -0.1) is 0 Å². The summed E-state index contributed by atoms with van der Waals surface area (Å²) in [5.74, 6) is 1.45. The average molecular weight is 433 g/mol. The number of nitrogens with one attached hydrogen (secondary N) is 1. The largest absolute Gasteiger partial charge is 0.497 e. The molecule has 1 fully saturated rings. The van der Waals surface area contributed by atoms with Crippen molar-refractivity contribution in [2.24, 2.45) is 0 Å². The zero-order chi connectivity index (χ0) is 21.6. The summed E-state index contributed by atoms with van der Waals surface area (Å²) in [6.07, 6.45) is 1.50. The lowest BCUT2D eigenvalue weighted by Crippen LogP contribution is -2.46. The lowest BCUT2D eigenvalue weighted by atomic mass is 10.0. The minimum atomic E-state index is -3.60. The molecule has 1 N–H and O–H groups in total. The van der Waals surface area contributed by atoms with Crippen LogP contribution in [0.25, 0.3) is 0 Å². The highest BCUT2D eigenvalue weighted by atomic mass is 32.2. The number of piperidine rings is 1. The Labute approximate surface area is 178 Å². The smallest absolute Gasteiger partial charge is 0.240 e. The molecule has 0 saturated carbocycles. The van der Waals surface area contributed by atoms with Gasteiger partial charge in [0.1, 0.15) is 11.5 Å². The molecule has 0 bridgehead atoms. The van der Waals surface area contributed by atoms with Crippen LogP contribution in [0.3, 0.4) is 0 Å². The number of likely N-dealkylation sites (tertiary alicyclic amines) is 1. The van der Waals surface area contributed by atoms with E-state index in [2.05, 4.69) is 4.72 Å². The maximum atomic E-state index is 12.6. The molecule has 1 aliphatic heterocycles. The van der Waals surface area contributed by atoms with Crippen molar-refractivity contribution in [3.05, 3.63) is 54.1 Å². The molecule has 30 heavy (non-hydrogen) atoms. The number of ether oxygens (including phenoxy) is 2. The zero-order valence-corrected chi connectivity index (χ0v) is 18.2.